The molecule has 0 amide bonds. The van der Waals surface area contributed by atoms with Gasteiger partial charge in [-0.2, -0.15) is 0 Å². The SMILES string of the molecule is CC1(c2nc3c(Cl)cccc3[nH]2)CCCNC1. The summed E-state index contributed by atoms with van der Waals surface area (Å²) in [4.78, 5) is 8.09. The number of hydrogen-bond acceptors (Lipinski definition) is 2. The second kappa shape index (κ2) is 4.00. The van der Waals surface area contributed by atoms with Gasteiger partial charge in [-0.1, -0.05) is 24.6 Å². The monoisotopic (exact) mass is 249 g/mol. The van der Waals surface area contributed by atoms with Gasteiger partial charge in [0.15, 0.2) is 0 Å². The van der Waals surface area contributed by atoms with E-state index in [0.29, 0.717) is 0 Å². The first-order chi connectivity index (χ1) is 8.19. The van der Waals surface area contributed by atoms with Crippen molar-refractivity contribution in [3.05, 3.63) is 29.0 Å². The molecule has 2 N–H and O–H groups in total. The van der Waals surface area contributed by atoms with Gasteiger partial charge in [-0.25, -0.2) is 4.98 Å². The van der Waals surface area contributed by atoms with Crippen LogP contribution in [-0.4, -0.2) is 23.1 Å². The summed E-state index contributed by atoms with van der Waals surface area (Å²) in [5.74, 6) is 1.05. The number of fused-ring (bicyclic) bond motifs is 1. The van der Waals surface area contributed by atoms with E-state index >= 15 is 0 Å². The quantitative estimate of drug-likeness (QED) is 0.816. The zero-order valence-electron chi connectivity index (χ0n) is 9.89. The van der Waals surface area contributed by atoms with E-state index in [2.05, 4.69) is 22.2 Å². The fourth-order valence-corrected chi connectivity index (χ4v) is 2.76. The zero-order chi connectivity index (χ0) is 11.9. The Morgan fingerprint density at radius 2 is 2.29 bits per heavy atom. The molecule has 0 saturated carbocycles. The first-order valence-electron chi connectivity index (χ1n) is 6.04. The highest BCUT2D eigenvalue weighted by atomic mass is 35.5. The Hall–Kier alpha value is -1.06. The van der Waals surface area contributed by atoms with Crippen LogP contribution in [0.4, 0.5) is 0 Å². The summed E-state index contributed by atoms with van der Waals surface area (Å²) in [6.45, 7) is 4.34. The Morgan fingerprint density at radius 1 is 1.41 bits per heavy atom. The van der Waals surface area contributed by atoms with E-state index in [4.69, 9.17) is 11.6 Å². The Kier molecular flexibility index (Phi) is 2.60. The number of aromatic nitrogens is 2. The first kappa shape index (κ1) is 11.1. The van der Waals surface area contributed by atoms with Crippen molar-refractivity contribution in [3.8, 4) is 0 Å². The number of benzene rings is 1. The van der Waals surface area contributed by atoms with Crippen LogP contribution in [0.2, 0.25) is 5.02 Å². The van der Waals surface area contributed by atoms with E-state index in [0.717, 1.165) is 41.4 Å². The molecule has 1 fully saturated rings. The highest BCUT2D eigenvalue weighted by Gasteiger charge is 2.31. The van der Waals surface area contributed by atoms with Crippen LogP contribution in [0.5, 0.6) is 0 Å². The van der Waals surface area contributed by atoms with Crippen molar-refractivity contribution in [2.45, 2.75) is 25.2 Å². The lowest BCUT2D eigenvalue weighted by molar-refractivity contribution is 0.326. The second-order valence-corrected chi connectivity index (χ2v) is 5.47. The molecular formula is C13H16ClN3. The number of rotatable bonds is 1. The normalized spacial score (nSPS) is 25.3. The van der Waals surface area contributed by atoms with Crippen molar-refractivity contribution < 1.29 is 0 Å². The standard InChI is InChI=1S/C13H16ClN3/c1-13(6-3-7-15-8-13)12-16-10-5-2-4-9(14)11(10)17-12/h2,4-5,15H,3,6-8H2,1H3,(H,16,17). The van der Waals surface area contributed by atoms with Crippen molar-refractivity contribution >= 4 is 22.6 Å². The molecule has 0 spiro atoms. The highest BCUT2D eigenvalue weighted by molar-refractivity contribution is 6.34. The van der Waals surface area contributed by atoms with Crippen molar-refractivity contribution in [2.24, 2.45) is 0 Å². The molecule has 17 heavy (non-hydrogen) atoms. The van der Waals surface area contributed by atoms with Gasteiger partial charge in [-0.05, 0) is 31.5 Å². The molecular weight excluding hydrogens is 234 g/mol. The minimum atomic E-state index is 0.0978. The molecule has 2 aromatic rings. The number of aromatic amines is 1. The summed E-state index contributed by atoms with van der Waals surface area (Å²) < 4.78 is 0. The fourth-order valence-electron chi connectivity index (χ4n) is 2.54. The van der Waals surface area contributed by atoms with Gasteiger partial charge in [0.1, 0.15) is 11.3 Å². The van der Waals surface area contributed by atoms with Crippen LogP contribution >= 0.6 is 11.6 Å². The van der Waals surface area contributed by atoms with E-state index in [1.807, 2.05) is 18.2 Å². The molecule has 1 aromatic carbocycles. The minimum Gasteiger partial charge on any atom is -0.341 e. The molecule has 0 radical (unpaired) electrons. The fraction of sp³-hybridized carbons (Fsp3) is 0.462. The Morgan fingerprint density at radius 3 is 3.00 bits per heavy atom. The van der Waals surface area contributed by atoms with E-state index in [9.17, 15) is 0 Å². The topological polar surface area (TPSA) is 40.7 Å². The lowest BCUT2D eigenvalue weighted by atomic mass is 9.82. The van der Waals surface area contributed by atoms with Gasteiger partial charge in [-0.15, -0.1) is 0 Å². The molecule has 1 aliphatic heterocycles. The van der Waals surface area contributed by atoms with E-state index in [1.54, 1.807) is 0 Å². The molecule has 2 heterocycles. The third-order valence-electron chi connectivity index (χ3n) is 3.63. The predicted octanol–water partition coefficient (Wildman–Crippen LogP) is 2.86. The summed E-state index contributed by atoms with van der Waals surface area (Å²) in [6, 6.07) is 5.86. The zero-order valence-corrected chi connectivity index (χ0v) is 10.6. The van der Waals surface area contributed by atoms with E-state index in [1.165, 1.54) is 6.42 Å². The summed E-state index contributed by atoms with van der Waals surface area (Å²) in [7, 11) is 0. The van der Waals surface area contributed by atoms with Crippen LogP contribution in [0.25, 0.3) is 11.0 Å². The molecule has 0 aliphatic carbocycles. The minimum absolute atomic E-state index is 0.0978. The maximum Gasteiger partial charge on any atom is 0.114 e. The van der Waals surface area contributed by atoms with Crippen LogP contribution in [0.15, 0.2) is 18.2 Å². The third-order valence-corrected chi connectivity index (χ3v) is 3.94. The van der Waals surface area contributed by atoms with E-state index in [-0.39, 0.29) is 5.41 Å². The number of para-hydroxylation sites is 1. The van der Waals surface area contributed by atoms with Crippen LogP contribution in [-0.2, 0) is 5.41 Å². The molecule has 3 rings (SSSR count). The Bertz CT molecular complexity index is 541. The largest absolute Gasteiger partial charge is 0.341 e. The van der Waals surface area contributed by atoms with Crippen molar-refractivity contribution in [1.82, 2.24) is 15.3 Å². The molecule has 1 saturated heterocycles. The molecule has 1 aliphatic rings. The molecule has 1 aromatic heterocycles. The van der Waals surface area contributed by atoms with Crippen molar-refractivity contribution in [3.63, 3.8) is 0 Å². The smallest absolute Gasteiger partial charge is 0.114 e. The lowest BCUT2D eigenvalue weighted by Crippen LogP contribution is -2.41. The van der Waals surface area contributed by atoms with Gasteiger partial charge in [0.2, 0.25) is 0 Å². The Balaban J connectivity index is 2.08. The maximum absolute atomic E-state index is 6.16. The molecule has 90 valence electrons. The van der Waals surface area contributed by atoms with Gasteiger partial charge >= 0.3 is 0 Å². The summed E-state index contributed by atoms with van der Waals surface area (Å²) >= 11 is 6.16. The van der Waals surface area contributed by atoms with Crippen molar-refractivity contribution in [2.75, 3.05) is 13.1 Å². The van der Waals surface area contributed by atoms with Crippen LogP contribution in [0, 0.1) is 0 Å². The van der Waals surface area contributed by atoms with Crippen LogP contribution in [0.1, 0.15) is 25.6 Å². The number of imidazole rings is 1. The molecule has 1 atom stereocenters. The average Bonchev–Trinajstić information content (AvgIpc) is 2.76. The predicted molar refractivity (Wildman–Crippen MR) is 70.6 cm³/mol. The Labute approximate surface area is 106 Å². The van der Waals surface area contributed by atoms with Gasteiger partial charge in [0, 0.05) is 12.0 Å². The second-order valence-electron chi connectivity index (χ2n) is 5.06. The van der Waals surface area contributed by atoms with E-state index < -0.39 is 0 Å². The van der Waals surface area contributed by atoms with Crippen LogP contribution in [0.3, 0.4) is 0 Å². The number of nitrogens with zero attached hydrogens (tertiary/aromatic N) is 1. The number of halogens is 1. The number of piperidine rings is 1. The van der Waals surface area contributed by atoms with Gasteiger partial charge in [0.25, 0.3) is 0 Å². The molecule has 4 heteroatoms. The molecule has 3 nitrogen and oxygen atoms in total. The summed E-state index contributed by atoms with van der Waals surface area (Å²) in [5.41, 5.74) is 2.01. The summed E-state index contributed by atoms with van der Waals surface area (Å²) in [6.07, 6.45) is 2.36. The average molecular weight is 250 g/mol. The first-order valence-corrected chi connectivity index (χ1v) is 6.42. The van der Waals surface area contributed by atoms with Crippen LogP contribution < -0.4 is 5.32 Å². The van der Waals surface area contributed by atoms with Gasteiger partial charge in [0.05, 0.1) is 10.5 Å². The molecule has 0 bridgehead atoms. The highest BCUT2D eigenvalue weighted by Crippen LogP contribution is 2.31. The molecule has 1 unspecified atom stereocenters. The summed E-state index contributed by atoms with van der Waals surface area (Å²) in [5, 5.41) is 4.16. The van der Waals surface area contributed by atoms with Gasteiger partial charge < -0.3 is 10.3 Å². The maximum atomic E-state index is 6.16. The lowest BCUT2D eigenvalue weighted by Gasteiger charge is -2.32. The number of nitrogens with one attached hydrogen (secondary N) is 2. The van der Waals surface area contributed by atoms with Gasteiger partial charge in [-0.3, -0.25) is 0 Å². The number of hydrogen-bond donors (Lipinski definition) is 2. The van der Waals surface area contributed by atoms with Crippen molar-refractivity contribution in [1.29, 1.82) is 0 Å². The number of H-pyrrole nitrogens is 1. The third kappa shape index (κ3) is 1.83.